The van der Waals surface area contributed by atoms with Crippen molar-refractivity contribution in [3.63, 3.8) is 0 Å². The van der Waals surface area contributed by atoms with Crippen molar-refractivity contribution < 1.29 is 19.1 Å². The van der Waals surface area contributed by atoms with Crippen LogP contribution in [0.2, 0.25) is 5.02 Å². The van der Waals surface area contributed by atoms with Gasteiger partial charge in [0.25, 0.3) is 0 Å². The molecule has 0 heterocycles. The van der Waals surface area contributed by atoms with Crippen molar-refractivity contribution in [2.75, 3.05) is 13.7 Å². The van der Waals surface area contributed by atoms with Gasteiger partial charge in [0.2, 0.25) is 0 Å². The lowest BCUT2D eigenvalue weighted by Gasteiger charge is -2.11. The molecule has 0 spiro atoms. The third-order valence-electron chi connectivity index (χ3n) is 2.21. The quantitative estimate of drug-likeness (QED) is 0.460. The molecule has 0 saturated heterocycles. The molecule has 0 bridgehead atoms. The molecule has 1 unspecified atom stereocenters. The smallest absolute Gasteiger partial charge is 0.320 e. The van der Waals surface area contributed by atoms with Gasteiger partial charge in [0, 0.05) is 0 Å². The highest BCUT2D eigenvalue weighted by atomic mass is 35.5. The number of methoxy groups -OCH3 is 1. The Morgan fingerprint density at radius 3 is 2.76 bits per heavy atom. The van der Waals surface area contributed by atoms with E-state index in [0.717, 1.165) is 0 Å². The van der Waals surface area contributed by atoms with E-state index in [-0.39, 0.29) is 6.61 Å². The summed E-state index contributed by atoms with van der Waals surface area (Å²) in [7, 11) is 1.46. The zero-order chi connectivity index (χ0) is 12.8. The number of benzene rings is 1. The van der Waals surface area contributed by atoms with Gasteiger partial charge in [-0.25, -0.2) is 0 Å². The van der Waals surface area contributed by atoms with Gasteiger partial charge in [-0.3, -0.25) is 4.79 Å². The molecular formula is C12H13ClO4. The van der Waals surface area contributed by atoms with Crippen LogP contribution in [0.3, 0.4) is 0 Å². The maximum Gasteiger partial charge on any atom is 0.320 e. The van der Waals surface area contributed by atoms with Crippen molar-refractivity contribution in [1.29, 1.82) is 0 Å². The molecule has 1 atom stereocenters. The SMILES string of the molecule is CCOC(=O)C(C=O)c1ccc(Cl)c(OC)c1. The van der Waals surface area contributed by atoms with Crippen molar-refractivity contribution in [3.05, 3.63) is 28.8 Å². The summed E-state index contributed by atoms with van der Waals surface area (Å²) >= 11 is 5.86. The Bertz CT molecular complexity index is 417. The highest BCUT2D eigenvalue weighted by molar-refractivity contribution is 6.32. The van der Waals surface area contributed by atoms with Gasteiger partial charge in [0.05, 0.1) is 18.7 Å². The maximum absolute atomic E-state index is 11.5. The molecule has 1 aromatic carbocycles. The number of hydrogen-bond donors (Lipinski definition) is 0. The Kier molecular flexibility index (Phi) is 4.97. The highest BCUT2D eigenvalue weighted by Crippen LogP contribution is 2.28. The third kappa shape index (κ3) is 3.20. The first kappa shape index (κ1) is 13.5. The van der Waals surface area contributed by atoms with E-state index in [4.69, 9.17) is 21.1 Å². The van der Waals surface area contributed by atoms with E-state index in [1.54, 1.807) is 25.1 Å². The minimum absolute atomic E-state index is 0.230. The number of carbonyl (C=O) groups excluding carboxylic acids is 2. The van der Waals surface area contributed by atoms with Crippen molar-refractivity contribution in [1.82, 2.24) is 0 Å². The molecule has 0 aromatic heterocycles. The Hall–Kier alpha value is -1.55. The molecule has 1 aromatic rings. The lowest BCUT2D eigenvalue weighted by atomic mass is 10.0. The predicted molar refractivity (Wildman–Crippen MR) is 63.4 cm³/mol. The number of hydrogen-bond acceptors (Lipinski definition) is 4. The second-order valence-electron chi connectivity index (χ2n) is 3.26. The van der Waals surface area contributed by atoms with Gasteiger partial charge >= 0.3 is 5.97 Å². The first-order valence-corrected chi connectivity index (χ1v) is 5.47. The van der Waals surface area contributed by atoms with Crippen molar-refractivity contribution >= 4 is 23.9 Å². The van der Waals surface area contributed by atoms with Crippen LogP contribution >= 0.6 is 11.6 Å². The van der Waals surface area contributed by atoms with Crippen LogP contribution in [-0.4, -0.2) is 26.0 Å². The van der Waals surface area contributed by atoms with E-state index in [1.807, 2.05) is 0 Å². The van der Waals surface area contributed by atoms with E-state index in [9.17, 15) is 9.59 Å². The number of ether oxygens (including phenoxy) is 2. The standard InChI is InChI=1S/C12H13ClO4/c1-3-17-12(15)9(7-14)8-4-5-10(13)11(6-8)16-2/h4-7,9H,3H2,1-2H3. The monoisotopic (exact) mass is 256 g/mol. The van der Waals surface area contributed by atoms with Gasteiger partial charge in [-0.2, -0.15) is 0 Å². The van der Waals surface area contributed by atoms with Crippen LogP contribution < -0.4 is 4.74 Å². The first-order chi connectivity index (χ1) is 8.13. The van der Waals surface area contributed by atoms with E-state index in [0.29, 0.717) is 22.6 Å². The predicted octanol–water partition coefficient (Wildman–Crippen LogP) is 2.19. The van der Waals surface area contributed by atoms with Crippen LogP contribution in [0, 0.1) is 0 Å². The normalized spacial score (nSPS) is 11.7. The van der Waals surface area contributed by atoms with Crippen LogP contribution in [0.25, 0.3) is 0 Å². The van der Waals surface area contributed by atoms with Crippen molar-refractivity contribution in [3.8, 4) is 5.75 Å². The maximum atomic E-state index is 11.5. The molecule has 0 radical (unpaired) electrons. The molecule has 92 valence electrons. The summed E-state index contributed by atoms with van der Waals surface area (Å²) in [5.74, 6) is -1.10. The van der Waals surface area contributed by atoms with Gasteiger partial charge in [-0.1, -0.05) is 17.7 Å². The zero-order valence-electron chi connectivity index (χ0n) is 9.60. The van der Waals surface area contributed by atoms with E-state index < -0.39 is 11.9 Å². The summed E-state index contributed by atoms with van der Waals surface area (Å²) in [5.41, 5.74) is 0.500. The van der Waals surface area contributed by atoms with Crippen LogP contribution in [0.1, 0.15) is 18.4 Å². The number of halogens is 1. The number of aldehydes is 1. The minimum atomic E-state index is -0.943. The van der Waals surface area contributed by atoms with Crippen LogP contribution in [0.4, 0.5) is 0 Å². The third-order valence-corrected chi connectivity index (χ3v) is 2.52. The van der Waals surface area contributed by atoms with Crippen LogP contribution in [0.5, 0.6) is 5.75 Å². The summed E-state index contributed by atoms with van der Waals surface area (Å²) in [5, 5.41) is 0.421. The van der Waals surface area contributed by atoms with Crippen molar-refractivity contribution in [2.24, 2.45) is 0 Å². The van der Waals surface area contributed by atoms with E-state index in [2.05, 4.69) is 0 Å². The topological polar surface area (TPSA) is 52.6 Å². The Morgan fingerprint density at radius 1 is 1.53 bits per heavy atom. The molecule has 17 heavy (non-hydrogen) atoms. The Labute approximate surface area is 104 Å². The Morgan fingerprint density at radius 2 is 2.24 bits per heavy atom. The number of rotatable bonds is 5. The lowest BCUT2D eigenvalue weighted by Crippen LogP contribution is -2.17. The van der Waals surface area contributed by atoms with Gasteiger partial charge in [-0.05, 0) is 24.6 Å². The highest BCUT2D eigenvalue weighted by Gasteiger charge is 2.22. The summed E-state index contributed by atoms with van der Waals surface area (Å²) in [4.78, 5) is 22.5. The van der Waals surface area contributed by atoms with Gasteiger partial charge in [0.15, 0.2) is 0 Å². The van der Waals surface area contributed by atoms with E-state index >= 15 is 0 Å². The zero-order valence-corrected chi connectivity index (χ0v) is 10.4. The molecule has 5 heteroatoms. The van der Waals surface area contributed by atoms with Gasteiger partial charge in [-0.15, -0.1) is 0 Å². The summed E-state index contributed by atoms with van der Waals surface area (Å²) in [6.07, 6.45) is 0.542. The molecule has 1 rings (SSSR count). The largest absolute Gasteiger partial charge is 0.495 e. The number of carbonyl (C=O) groups is 2. The molecule has 4 nitrogen and oxygen atoms in total. The fourth-order valence-corrected chi connectivity index (χ4v) is 1.57. The second-order valence-corrected chi connectivity index (χ2v) is 3.67. The number of esters is 1. The van der Waals surface area contributed by atoms with Gasteiger partial charge < -0.3 is 14.3 Å². The summed E-state index contributed by atoms with van der Waals surface area (Å²) < 4.78 is 9.83. The van der Waals surface area contributed by atoms with Gasteiger partial charge in [0.1, 0.15) is 18.0 Å². The second kappa shape index (κ2) is 6.25. The minimum Gasteiger partial charge on any atom is -0.495 e. The average molecular weight is 257 g/mol. The van der Waals surface area contributed by atoms with Crippen LogP contribution in [-0.2, 0) is 14.3 Å². The molecular weight excluding hydrogens is 244 g/mol. The fraction of sp³-hybridized carbons (Fsp3) is 0.333. The van der Waals surface area contributed by atoms with E-state index in [1.165, 1.54) is 7.11 Å². The molecule has 0 amide bonds. The van der Waals surface area contributed by atoms with Crippen LogP contribution in [0.15, 0.2) is 18.2 Å². The van der Waals surface area contributed by atoms with Crippen molar-refractivity contribution in [2.45, 2.75) is 12.8 Å². The first-order valence-electron chi connectivity index (χ1n) is 5.09. The molecule has 0 aliphatic rings. The summed E-state index contributed by atoms with van der Waals surface area (Å²) in [6, 6.07) is 4.73. The molecule has 0 aliphatic heterocycles. The summed E-state index contributed by atoms with van der Waals surface area (Å²) in [6.45, 7) is 1.91. The lowest BCUT2D eigenvalue weighted by molar-refractivity contribution is -0.146. The fourth-order valence-electron chi connectivity index (χ4n) is 1.37. The Balaban J connectivity index is 3.04. The molecule has 0 fully saturated rings. The molecule has 0 saturated carbocycles. The molecule has 0 N–H and O–H groups in total. The molecule has 0 aliphatic carbocycles. The average Bonchev–Trinajstić information content (AvgIpc) is 2.32.